The van der Waals surface area contributed by atoms with Gasteiger partial charge in [0.1, 0.15) is 0 Å². The summed E-state index contributed by atoms with van der Waals surface area (Å²) in [4.78, 5) is 0. The maximum Gasteiger partial charge on any atom is 0.419 e. The summed E-state index contributed by atoms with van der Waals surface area (Å²) in [5.41, 5.74) is -0.314. The lowest BCUT2D eigenvalue weighted by Gasteiger charge is -2.01. The Labute approximate surface area is 99.0 Å². The molecule has 0 atom stereocenters. The van der Waals surface area contributed by atoms with E-state index in [1.165, 1.54) is 6.07 Å². The van der Waals surface area contributed by atoms with Gasteiger partial charge in [-0.15, -0.1) is 5.10 Å². The summed E-state index contributed by atoms with van der Waals surface area (Å²) >= 11 is 5.53. The molecular formula is C9H6ClF3N4. The van der Waals surface area contributed by atoms with Crippen molar-refractivity contribution >= 4 is 11.6 Å². The van der Waals surface area contributed by atoms with Crippen LogP contribution in [0.5, 0.6) is 0 Å². The van der Waals surface area contributed by atoms with Crippen LogP contribution in [0.25, 0.3) is 0 Å². The van der Waals surface area contributed by atoms with Crippen molar-refractivity contribution in [1.82, 2.24) is 20.0 Å². The number of alkyl halides is 3. The van der Waals surface area contributed by atoms with Crippen molar-refractivity contribution in [2.45, 2.75) is 12.7 Å². The fraction of sp³-hybridized carbons (Fsp3) is 0.222. The molecule has 8 heteroatoms. The summed E-state index contributed by atoms with van der Waals surface area (Å²) in [6.45, 7) is 0.111. The van der Waals surface area contributed by atoms with E-state index in [-0.39, 0.29) is 11.7 Å². The standard InChI is InChI=1S/C9H6ClF3N4/c10-8-2-1-7(15-16-8)5-17-4-6(3-14-17)9(11,12)13/h1-4H,5H2. The van der Waals surface area contributed by atoms with Gasteiger partial charge in [0.15, 0.2) is 5.15 Å². The zero-order valence-corrected chi connectivity index (χ0v) is 9.07. The van der Waals surface area contributed by atoms with Crippen molar-refractivity contribution in [2.24, 2.45) is 0 Å². The quantitative estimate of drug-likeness (QED) is 0.835. The van der Waals surface area contributed by atoms with Crippen LogP contribution in [0.15, 0.2) is 24.5 Å². The molecule has 0 aliphatic carbocycles. The minimum Gasteiger partial charge on any atom is -0.266 e. The van der Waals surface area contributed by atoms with Crippen LogP contribution >= 0.6 is 11.6 Å². The molecular weight excluding hydrogens is 257 g/mol. The Bertz CT molecular complexity index is 506. The van der Waals surface area contributed by atoms with Gasteiger partial charge in [-0.25, -0.2) is 0 Å². The van der Waals surface area contributed by atoms with Crippen molar-refractivity contribution in [3.8, 4) is 0 Å². The molecule has 0 amide bonds. The molecule has 2 rings (SSSR count). The predicted molar refractivity (Wildman–Crippen MR) is 53.4 cm³/mol. The van der Waals surface area contributed by atoms with Crippen LogP contribution in [0.4, 0.5) is 13.2 Å². The van der Waals surface area contributed by atoms with Crippen molar-refractivity contribution in [2.75, 3.05) is 0 Å². The van der Waals surface area contributed by atoms with E-state index in [0.29, 0.717) is 5.69 Å². The molecule has 0 bridgehead atoms. The van der Waals surface area contributed by atoms with Crippen LogP contribution in [-0.2, 0) is 12.7 Å². The predicted octanol–water partition coefficient (Wildman–Crippen LogP) is 2.39. The van der Waals surface area contributed by atoms with E-state index < -0.39 is 11.7 Å². The first kappa shape index (κ1) is 11.8. The lowest BCUT2D eigenvalue weighted by atomic mass is 10.3. The second kappa shape index (κ2) is 4.33. The highest BCUT2D eigenvalue weighted by Crippen LogP contribution is 2.28. The summed E-state index contributed by atoms with van der Waals surface area (Å²) in [7, 11) is 0. The Morgan fingerprint density at radius 3 is 2.53 bits per heavy atom. The van der Waals surface area contributed by atoms with Gasteiger partial charge in [0.2, 0.25) is 0 Å². The van der Waals surface area contributed by atoms with Gasteiger partial charge in [-0.05, 0) is 12.1 Å². The van der Waals surface area contributed by atoms with Crippen molar-refractivity contribution < 1.29 is 13.2 Å². The van der Waals surface area contributed by atoms with Gasteiger partial charge in [0.25, 0.3) is 0 Å². The smallest absolute Gasteiger partial charge is 0.266 e. The van der Waals surface area contributed by atoms with E-state index in [0.717, 1.165) is 17.1 Å². The average molecular weight is 263 g/mol. The minimum atomic E-state index is -4.38. The molecule has 0 aliphatic heterocycles. The van der Waals surface area contributed by atoms with E-state index >= 15 is 0 Å². The monoisotopic (exact) mass is 262 g/mol. The average Bonchev–Trinajstić information content (AvgIpc) is 2.69. The zero-order chi connectivity index (χ0) is 12.5. The number of hydrogen-bond donors (Lipinski definition) is 0. The minimum absolute atomic E-state index is 0.111. The molecule has 0 aromatic carbocycles. The number of aromatic nitrogens is 4. The van der Waals surface area contributed by atoms with Gasteiger partial charge in [-0.2, -0.15) is 23.4 Å². The maximum absolute atomic E-state index is 12.3. The molecule has 2 heterocycles. The molecule has 90 valence electrons. The van der Waals surface area contributed by atoms with Crippen molar-refractivity contribution in [3.63, 3.8) is 0 Å². The van der Waals surface area contributed by atoms with E-state index in [9.17, 15) is 13.2 Å². The van der Waals surface area contributed by atoms with Crippen LogP contribution in [0, 0.1) is 0 Å². The van der Waals surface area contributed by atoms with Gasteiger partial charge in [0, 0.05) is 6.20 Å². The van der Waals surface area contributed by atoms with Gasteiger partial charge in [0.05, 0.1) is 24.0 Å². The molecule has 0 saturated carbocycles. The highest BCUT2D eigenvalue weighted by molar-refractivity contribution is 6.29. The topological polar surface area (TPSA) is 43.6 Å². The molecule has 4 nitrogen and oxygen atoms in total. The van der Waals surface area contributed by atoms with Gasteiger partial charge < -0.3 is 0 Å². The Morgan fingerprint density at radius 2 is 2.00 bits per heavy atom. The third kappa shape index (κ3) is 2.94. The van der Waals surface area contributed by atoms with Gasteiger partial charge in [-0.3, -0.25) is 4.68 Å². The maximum atomic E-state index is 12.3. The Kier molecular flexibility index (Phi) is 3.01. The Morgan fingerprint density at radius 1 is 1.24 bits per heavy atom. The normalized spacial score (nSPS) is 11.8. The van der Waals surface area contributed by atoms with Crippen LogP contribution < -0.4 is 0 Å². The first-order chi connectivity index (χ1) is 7.95. The third-order valence-electron chi connectivity index (χ3n) is 1.97. The second-order valence-electron chi connectivity index (χ2n) is 3.27. The molecule has 2 aromatic heterocycles. The third-order valence-corrected chi connectivity index (χ3v) is 2.17. The molecule has 17 heavy (non-hydrogen) atoms. The Hall–Kier alpha value is -1.63. The van der Waals surface area contributed by atoms with E-state index in [1.54, 1.807) is 6.07 Å². The largest absolute Gasteiger partial charge is 0.419 e. The van der Waals surface area contributed by atoms with Gasteiger partial charge in [-0.1, -0.05) is 11.6 Å². The lowest BCUT2D eigenvalue weighted by molar-refractivity contribution is -0.137. The Balaban J connectivity index is 2.14. The zero-order valence-electron chi connectivity index (χ0n) is 8.32. The van der Waals surface area contributed by atoms with Gasteiger partial charge >= 0.3 is 6.18 Å². The molecule has 0 unspecified atom stereocenters. The lowest BCUT2D eigenvalue weighted by Crippen LogP contribution is -2.05. The molecule has 0 aliphatic rings. The summed E-state index contributed by atoms with van der Waals surface area (Å²) in [5.74, 6) is 0. The second-order valence-corrected chi connectivity index (χ2v) is 3.66. The number of nitrogens with zero attached hydrogens (tertiary/aromatic N) is 4. The molecule has 0 radical (unpaired) electrons. The van der Waals surface area contributed by atoms with E-state index in [1.807, 2.05) is 0 Å². The molecule has 0 fully saturated rings. The highest BCUT2D eigenvalue weighted by Gasteiger charge is 2.32. The molecule has 0 spiro atoms. The van der Waals surface area contributed by atoms with Crippen LogP contribution in [-0.4, -0.2) is 20.0 Å². The molecule has 0 N–H and O–H groups in total. The van der Waals surface area contributed by atoms with Crippen molar-refractivity contribution in [1.29, 1.82) is 0 Å². The fourth-order valence-electron chi connectivity index (χ4n) is 1.19. The number of halogens is 4. The summed E-state index contributed by atoms with van der Waals surface area (Å²) < 4.78 is 38.0. The number of hydrogen-bond acceptors (Lipinski definition) is 3. The summed E-state index contributed by atoms with van der Waals surface area (Å²) in [5, 5.41) is 11.1. The van der Waals surface area contributed by atoms with E-state index in [4.69, 9.17) is 11.6 Å². The van der Waals surface area contributed by atoms with Crippen LogP contribution in [0.2, 0.25) is 5.15 Å². The summed E-state index contributed by atoms with van der Waals surface area (Å²) in [6, 6.07) is 3.09. The molecule has 0 saturated heterocycles. The first-order valence-corrected chi connectivity index (χ1v) is 4.91. The fourth-order valence-corrected chi connectivity index (χ4v) is 1.29. The SMILES string of the molecule is FC(F)(F)c1cnn(Cc2ccc(Cl)nn2)c1. The highest BCUT2D eigenvalue weighted by atomic mass is 35.5. The number of rotatable bonds is 2. The van der Waals surface area contributed by atoms with Crippen molar-refractivity contribution in [3.05, 3.63) is 40.9 Å². The first-order valence-electron chi connectivity index (χ1n) is 4.53. The summed E-state index contributed by atoms with van der Waals surface area (Å²) in [6.07, 6.45) is -2.70. The van der Waals surface area contributed by atoms with Crippen LogP contribution in [0.1, 0.15) is 11.3 Å². The van der Waals surface area contributed by atoms with E-state index in [2.05, 4.69) is 15.3 Å². The van der Waals surface area contributed by atoms with Crippen LogP contribution in [0.3, 0.4) is 0 Å². The molecule has 2 aromatic rings.